The van der Waals surface area contributed by atoms with E-state index < -0.39 is 0 Å². The Bertz CT molecular complexity index is 1400. The Balaban J connectivity index is 0.00000141. The fourth-order valence-electron chi connectivity index (χ4n) is 4.20. The second-order valence-electron chi connectivity index (χ2n) is 8.39. The SMILES string of the molecule is CC.CCOc1ccc2cc(-c3ccc(=N)n(CNC)c3)c(=O)n(C3=CC=C(C4CC4)NC3)c2n1. The van der Waals surface area contributed by atoms with Crippen LogP contribution in [0.25, 0.3) is 27.9 Å². The van der Waals surface area contributed by atoms with Crippen molar-refractivity contribution in [3.8, 4) is 17.0 Å². The molecule has 35 heavy (non-hydrogen) atoms. The Morgan fingerprint density at radius 2 is 2.00 bits per heavy atom. The van der Waals surface area contributed by atoms with Gasteiger partial charge < -0.3 is 19.9 Å². The van der Waals surface area contributed by atoms with Crippen LogP contribution in [0, 0.1) is 11.3 Å². The topological polar surface area (TPSA) is 97.0 Å². The molecule has 0 radical (unpaired) electrons. The Morgan fingerprint density at radius 3 is 2.66 bits per heavy atom. The lowest BCUT2D eigenvalue weighted by molar-refractivity contribution is 0.328. The molecule has 0 spiro atoms. The first kappa shape index (κ1) is 24.5. The molecular weight excluding hydrogens is 440 g/mol. The second kappa shape index (κ2) is 10.7. The lowest BCUT2D eigenvalue weighted by atomic mass is 10.1. The van der Waals surface area contributed by atoms with E-state index in [1.165, 1.54) is 18.5 Å². The summed E-state index contributed by atoms with van der Waals surface area (Å²) in [4.78, 5) is 18.5. The predicted molar refractivity (Wildman–Crippen MR) is 140 cm³/mol. The molecule has 0 unspecified atom stereocenters. The fourth-order valence-corrected chi connectivity index (χ4v) is 4.20. The largest absolute Gasteiger partial charge is 0.478 e. The summed E-state index contributed by atoms with van der Waals surface area (Å²) in [5.74, 6) is 1.12. The normalized spacial score (nSPS) is 15.0. The van der Waals surface area contributed by atoms with Crippen molar-refractivity contribution in [3.63, 3.8) is 0 Å². The molecular formula is C27H34N6O2. The summed E-state index contributed by atoms with van der Waals surface area (Å²) in [6, 6.07) is 9.18. The van der Waals surface area contributed by atoms with Crippen molar-refractivity contribution in [3.05, 3.63) is 70.2 Å². The van der Waals surface area contributed by atoms with Crippen LogP contribution in [0.4, 0.5) is 0 Å². The highest BCUT2D eigenvalue weighted by molar-refractivity contribution is 5.84. The van der Waals surface area contributed by atoms with Crippen molar-refractivity contribution in [2.45, 2.75) is 40.3 Å². The van der Waals surface area contributed by atoms with Crippen molar-refractivity contribution in [1.82, 2.24) is 24.8 Å². The zero-order chi connectivity index (χ0) is 24.9. The molecule has 0 bridgehead atoms. The third-order valence-corrected chi connectivity index (χ3v) is 6.01. The number of aromatic nitrogens is 3. The van der Waals surface area contributed by atoms with Gasteiger partial charge in [0.2, 0.25) is 5.88 Å². The van der Waals surface area contributed by atoms with E-state index in [9.17, 15) is 4.79 Å². The molecule has 3 aromatic rings. The van der Waals surface area contributed by atoms with Crippen LogP contribution in [-0.4, -0.2) is 34.3 Å². The van der Waals surface area contributed by atoms with E-state index in [0.29, 0.717) is 48.3 Å². The van der Waals surface area contributed by atoms with Gasteiger partial charge in [-0.2, -0.15) is 4.98 Å². The van der Waals surface area contributed by atoms with E-state index in [0.717, 1.165) is 16.6 Å². The highest BCUT2D eigenvalue weighted by atomic mass is 16.5. The van der Waals surface area contributed by atoms with Crippen LogP contribution in [0.3, 0.4) is 0 Å². The zero-order valence-corrected chi connectivity index (χ0v) is 20.9. The Hall–Kier alpha value is -3.65. The van der Waals surface area contributed by atoms with Gasteiger partial charge in [0.15, 0.2) is 5.65 Å². The predicted octanol–water partition coefficient (Wildman–Crippen LogP) is 3.68. The van der Waals surface area contributed by atoms with Crippen molar-refractivity contribution in [2.75, 3.05) is 20.2 Å². The molecule has 0 aromatic carbocycles. The smallest absolute Gasteiger partial charge is 0.264 e. The summed E-state index contributed by atoms with van der Waals surface area (Å²) in [7, 11) is 1.83. The molecule has 0 amide bonds. The number of ether oxygens (including phenoxy) is 1. The van der Waals surface area contributed by atoms with Gasteiger partial charge in [-0.3, -0.25) is 14.8 Å². The standard InChI is InChI=1S/C25H28N6O2.C2H6/c1-3-33-23-11-7-17-12-20(18-6-10-22(26)30(14-18)15-27-2)25(32)31(24(17)29-23)19-8-9-21(28-13-19)16-4-5-16;1-2/h6-12,14,16,26-28H,3-5,13,15H2,1-2H3;1-2H3. The molecule has 184 valence electrons. The molecule has 5 rings (SSSR count). The van der Waals surface area contributed by atoms with Crippen LogP contribution < -0.4 is 26.4 Å². The molecule has 1 fully saturated rings. The van der Waals surface area contributed by atoms with Crippen LogP contribution in [0.2, 0.25) is 0 Å². The lowest BCUT2D eigenvalue weighted by Crippen LogP contribution is -2.30. The maximum atomic E-state index is 13.9. The summed E-state index contributed by atoms with van der Waals surface area (Å²) >= 11 is 0. The number of allylic oxidation sites excluding steroid dienone is 3. The van der Waals surface area contributed by atoms with Gasteiger partial charge in [-0.25, -0.2) is 0 Å². The zero-order valence-electron chi connectivity index (χ0n) is 20.9. The van der Waals surface area contributed by atoms with Gasteiger partial charge in [-0.15, -0.1) is 0 Å². The summed E-state index contributed by atoms with van der Waals surface area (Å²) < 4.78 is 9.08. The van der Waals surface area contributed by atoms with Crippen molar-refractivity contribution in [2.24, 2.45) is 5.92 Å². The average Bonchev–Trinajstić information content (AvgIpc) is 3.73. The van der Waals surface area contributed by atoms with Crippen LogP contribution >= 0.6 is 0 Å². The van der Waals surface area contributed by atoms with Gasteiger partial charge in [0.05, 0.1) is 19.8 Å². The van der Waals surface area contributed by atoms with E-state index in [-0.39, 0.29) is 5.56 Å². The van der Waals surface area contributed by atoms with Crippen molar-refractivity contribution in [1.29, 1.82) is 5.41 Å². The van der Waals surface area contributed by atoms with E-state index in [4.69, 9.17) is 10.1 Å². The fraction of sp³-hybridized carbons (Fsp3) is 0.370. The first-order valence-electron chi connectivity index (χ1n) is 12.3. The van der Waals surface area contributed by atoms with Crippen LogP contribution in [0.1, 0.15) is 33.6 Å². The third kappa shape index (κ3) is 5.07. The van der Waals surface area contributed by atoms with Crippen LogP contribution in [0.5, 0.6) is 5.88 Å². The number of dihydropyridines is 1. The molecule has 1 aliphatic carbocycles. The van der Waals surface area contributed by atoms with E-state index >= 15 is 0 Å². The summed E-state index contributed by atoms with van der Waals surface area (Å²) in [5, 5.41) is 15.5. The molecule has 1 aliphatic heterocycles. The summed E-state index contributed by atoms with van der Waals surface area (Å²) in [6.45, 7) is 7.46. The number of nitrogens with zero attached hydrogens (tertiary/aromatic N) is 3. The highest BCUT2D eigenvalue weighted by Gasteiger charge is 2.27. The lowest BCUT2D eigenvalue weighted by Gasteiger charge is -2.21. The third-order valence-electron chi connectivity index (χ3n) is 6.01. The monoisotopic (exact) mass is 474 g/mol. The van der Waals surface area contributed by atoms with E-state index in [1.807, 2.05) is 64.4 Å². The number of hydrogen-bond donors (Lipinski definition) is 3. The maximum absolute atomic E-state index is 13.9. The first-order valence-corrected chi connectivity index (χ1v) is 12.3. The molecule has 1 saturated carbocycles. The van der Waals surface area contributed by atoms with Gasteiger partial charge in [0.25, 0.3) is 5.56 Å². The van der Waals surface area contributed by atoms with Gasteiger partial charge >= 0.3 is 0 Å². The quantitative estimate of drug-likeness (QED) is 0.485. The first-order chi connectivity index (χ1) is 17.1. The molecule has 0 atom stereocenters. The minimum atomic E-state index is -0.145. The Morgan fingerprint density at radius 1 is 1.20 bits per heavy atom. The van der Waals surface area contributed by atoms with E-state index in [1.54, 1.807) is 15.2 Å². The average molecular weight is 475 g/mol. The molecule has 4 heterocycles. The number of fused-ring (bicyclic) bond motifs is 1. The molecule has 8 heteroatoms. The Kier molecular flexibility index (Phi) is 7.51. The van der Waals surface area contributed by atoms with Crippen molar-refractivity contribution >= 4 is 16.7 Å². The summed E-state index contributed by atoms with van der Waals surface area (Å²) in [5.41, 5.74) is 4.21. The molecule has 3 aromatic heterocycles. The van der Waals surface area contributed by atoms with Gasteiger partial charge in [-0.05, 0) is 69.1 Å². The van der Waals surface area contributed by atoms with Crippen LogP contribution in [0.15, 0.2) is 59.2 Å². The number of rotatable bonds is 7. The molecule has 3 N–H and O–H groups in total. The minimum Gasteiger partial charge on any atom is -0.478 e. The number of pyridine rings is 3. The molecule has 0 saturated heterocycles. The molecule has 2 aliphatic rings. The Labute approximate surface area is 205 Å². The van der Waals surface area contributed by atoms with Crippen molar-refractivity contribution < 1.29 is 4.74 Å². The van der Waals surface area contributed by atoms with E-state index in [2.05, 4.69) is 21.7 Å². The number of nitrogens with one attached hydrogen (secondary N) is 3. The van der Waals surface area contributed by atoms with Gasteiger partial charge in [0, 0.05) is 40.2 Å². The maximum Gasteiger partial charge on any atom is 0.264 e. The van der Waals surface area contributed by atoms with Gasteiger partial charge in [-0.1, -0.05) is 13.8 Å². The number of hydrogen-bond acceptors (Lipinski definition) is 6. The molecule has 8 nitrogen and oxygen atoms in total. The minimum absolute atomic E-state index is 0.145. The summed E-state index contributed by atoms with van der Waals surface area (Å²) in [6.07, 6.45) is 8.39. The van der Waals surface area contributed by atoms with Gasteiger partial charge in [0.1, 0.15) is 5.49 Å². The highest BCUT2D eigenvalue weighted by Crippen LogP contribution is 2.36. The second-order valence-corrected chi connectivity index (χ2v) is 8.39. The van der Waals surface area contributed by atoms with Crippen LogP contribution in [-0.2, 0) is 6.67 Å².